The second-order valence-corrected chi connectivity index (χ2v) is 8.32. The number of aromatic nitrogens is 1. The first-order valence-electron chi connectivity index (χ1n) is 8.70. The second-order valence-electron chi connectivity index (χ2n) is 5.88. The van der Waals surface area contributed by atoms with Crippen LogP contribution in [-0.4, -0.2) is 16.1 Å². The zero-order valence-electron chi connectivity index (χ0n) is 15.0. The average Bonchev–Trinajstić information content (AvgIpc) is 2.66. The van der Waals surface area contributed by atoms with Gasteiger partial charge in [-0.25, -0.2) is 4.98 Å². The number of rotatable bonds is 8. The summed E-state index contributed by atoms with van der Waals surface area (Å²) in [6.45, 7) is 4.11. The quantitative estimate of drug-likeness (QED) is 0.406. The average molecular weight is 479 g/mol. The van der Waals surface area contributed by atoms with Crippen molar-refractivity contribution in [3.8, 4) is 6.07 Å². The van der Waals surface area contributed by atoms with Crippen molar-refractivity contribution in [2.45, 2.75) is 49.8 Å². The molecule has 0 aliphatic rings. The van der Waals surface area contributed by atoms with Gasteiger partial charge in [-0.15, -0.1) is 0 Å². The predicted molar refractivity (Wildman–Crippen MR) is 115 cm³/mol. The molecule has 1 unspecified atom stereocenters. The van der Waals surface area contributed by atoms with Crippen LogP contribution in [0.15, 0.2) is 41.4 Å². The van der Waals surface area contributed by atoms with Crippen LogP contribution < -0.4 is 5.32 Å². The van der Waals surface area contributed by atoms with E-state index < -0.39 is 0 Å². The topological polar surface area (TPSA) is 65.8 Å². The van der Waals surface area contributed by atoms with Gasteiger partial charge < -0.3 is 5.32 Å². The number of pyridine rings is 1. The Kier molecular flexibility index (Phi) is 8.39. The Bertz CT molecular complexity index is 787. The molecule has 1 atom stereocenters. The minimum Gasteiger partial charge on any atom is -0.325 e. The number of benzene rings is 1. The molecule has 1 heterocycles. The molecule has 0 saturated heterocycles. The van der Waals surface area contributed by atoms with Crippen molar-refractivity contribution in [3.63, 3.8) is 0 Å². The fraction of sp³-hybridized carbons (Fsp3) is 0.350. The molecule has 136 valence electrons. The van der Waals surface area contributed by atoms with Crippen LogP contribution in [0.3, 0.4) is 0 Å². The number of hydrogen-bond donors (Lipinski definition) is 1. The molecule has 0 fully saturated rings. The fourth-order valence-corrected chi connectivity index (χ4v) is 3.74. The molecular weight excluding hydrogens is 457 g/mol. The van der Waals surface area contributed by atoms with Crippen molar-refractivity contribution < 1.29 is 4.79 Å². The molecule has 0 saturated carbocycles. The maximum Gasteiger partial charge on any atom is 0.237 e. The van der Waals surface area contributed by atoms with Gasteiger partial charge in [-0.2, -0.15) is 5.26 Å². The summed E-state index contributed by atoms with van der Waals surface area (Å²) >= 11 is 3.60. The summed E-state index contributed by atoms with van der Waals surface area (Å²) in [5.74, 6) is -0.0663. The van der Waals surface area contributed by atoms with Gasteiger partial charge in [0.15, 0.2) is 0 Å². The van der Waals surface area contributed by atoms with Gasteiger partial charge in [-0.3, -0.25) is 4.79 Å². The highest BCUT2D eigenvalue weighted by Crippen LogP contribution is 2.28. The number of unbranched alkanes of at least 4 members (excludes halogenated alkanes) is 1. The highest BCUT2D eigenvalue weighted by Gasteiger charge is 2.21. The van der Waals surface area contributed by atoms with Gasteiger partial charge in [0.25, 0.3) is 0 Å². The molecule has 0 spiro atoms. The lowest BCUT2D eigenvalue weighted by Crippen LogP contribution is -2.24. The first-order valence-corrected chi connectivity index (χ1v) is 10.7. The molecule has 1 aromatic carbocycles. The number of anilines is 1. The van der Waals surface area contributed by atoms with Gasteiger partial charge >= 0.3 is 0 Å². The van der Waals surface area contributed by atoms with E-state index >= 15 is 0 Å². The lowest BCUT2D eigenvalue weighted by Gasteiger charge is -2.15. The lowest BCUT2D eigenvalue weighted by molar-refractivity contribution is -0.115. The number of nitrogens with zero attached hydrogens (tertiary/aromatic N) is 2. The van der Waals surface area contributed by atoms with Gasteiger partial charge in [0.1, 0.15) is 11.1 Å². The van der Waals surface area contributed by atoms with Gasteiger partial charge in [0.2, 0.25) is 5.91 Å². The second kappa shape index (κ2) is 10.5. The Labute approximate surface area is 172 Å². The van der Waals surface area contributed by atoms with Crippen LogP contribution in [-0.2, 0) is 11.2 Å². The molecule has 1 N–H and O–H groups in total. The molecule has 0 radical (unpaired) electrons. The molecule has 6 heteroatoms. The number of nitrogens with one attached hydrogen (secondary N) is 1. The van der Waals surface area contributed by atoms with Crippen LogP contribution in [0, 0.1) is 14.9 Å². The van der Waals surface area contributed by atoms with Crippen molar-refractivity contribution in [3.05, 3.63) is 51.2 Å². The molecule has 1 aromatic heterocycles. The van der Waals surface area contributed by atoms with Gasteiger partial charge in [-0.1, -0.05) is 32.0 Å². The number of carbonyl (C=O) groups is 1. The molecular formula is C20H22IN3OS. The number of nitriles is 1. The van der Waals surface area contributed by atoms with E-state index in [1.807, 2.05) is 43.3 Å². The van der Waals surface area contributed by atoms with Crippen molar-refractivity contribution >= 4 is 45.9 Å². The third-order valence-corrected chi connectivity index (χ3v) is 5.94. The van der Waals surface area contributed by atoms with Gasteiger partial charge in [0.05, 0.1) is 10.8 Å². The van der Waals surface area contributed by atoms with E-state index in [0.717, 1.165) is 34.2 Å². The highest BCUT2D eigenvalue weighted by atomic mass is 127. The summed E-state index contributed by atoms with van der Waals surface area (Å²) in [5, 5.41) is 12.7. The number of hydrogen-bond acceptors (Lipinski definition) is 4. The SMILES string of the molecule is CCCCc1ccc(C#N)c(SC(CC)C(=O)Nc2ccc(I)cc2)n1. The summed E-state index contributed by atoms with van der Waals surface area (Å²) in [4.78, 5) is 17.3. The van der Waals surface area contributed by atoms with Crippen molar-refractivity contribution in [1.29, 1.82) is 5.26 Å². The van der Waals surface area contributed by atoms with E-state index in [4.69, 9.17) is 0 Å². The van der Waals surface area contributed by atoms with Crippen molar-refractivity contribution in [2.24, 2.45) is 0 Å². The first kappa shape index (κ1) is 20.7. The summed E-state index contributed by atoms with van der Waals surface area (Å²) in [6.07, 6.45) is 3.71. The van der Waals surface area contributed by atoms with Crippen LogP contribution in [0.1, 0.15) is 44.4 Å². The Morgan fingerprint density at radius 1 is 1.27 bits per heavy atom. The van der Waals surface area contributed by atoms with E-state index in [9.17, 15) is 10.1 Å². The van der Waals surface area contributed by atoms with Crippen LogP contribution >= 0.6 is 34.4 Å². The zero-order valence-corrected chi connectivity index (χ0v) is 17.9. The van der Waals surface area contributed by atoms with Gasteiger partial charge in [-0.05, 0) is 78.3 Å². The van der Waals surface area contributed by atoms with E-state index in [1.54, 1.807) is 0 Å². The van der Waals surface area contributed by atoms with Crippen LogP contribution in [0.25, 0.3) is 0 Å². The summed E-state index contributed by atoms with van der Waals surface area (Å²) in [6, 6.07) is 13.6. The Balaban J connectivity index is 2.13. The number of aryl methyl sites for hydroxylation is 1. The number of halogens is 1. The van der Waals surface area contributed by atoms with E-state index in [-0.39, 0.29) is 11.2 Å². The molecule has 26 heavy (non-hydrogen) atoms. The van der Waals surface area contributed by atoms with E-state index in [0.29, 0.717) is 17.0 Å². The van der Waals surface area contributed by atoms with Crippen LogP contribution in [0.2, 0.25) is 0 Å². The smallest absolute Gasteiger partial charge is 0.237 e. The third kappa shape index (κ3) is 5.99. The van der Waals surface area contributed by atoms with Crippen molar-refractivity contribution in [2.75, 3.05) is 5.32 Å². The molecule has 0 aliphatic carbocycles. The fourth-order valence-electron chi connectivity index (χ4n) is 2.36. The molecule has 4 nitrogen and oxygen atoms in total. The summed E-state index contributed by atoms with van der Waals surface area (Å²) in [5.41, 5.74) is 2.27. The number of amides is 1. The molecule has 0 bridgehead atoms. The monoisotopic (exact) mass is 479 g/mol. The number of carbonyl (C=O) groups excluding carboxylic acids is 1. The largest absolute Gasteiger partial charge is 0.325 e. The maximum atomic E-state index is 12.6. The molecule has 0 aliphatic heterocycles. The lowest BCUT2D eigenvalue weighted by atomic mass is 10.2. The Morgan fingerprint density at radius 3 is 2.62 bits per heavy atom. The van der Waals surface area contributed by atoms with E-state index in [1.165, 1.54) is 11.8 Å². The minimum absolute atomic E-state index is 0.0663. The van der Waals surface area contributed by atoms with Crippen LogP contribution in [0.4, 0.5) is 5.69 Å². The zero-order chi connectivity index (χ0) is 18.9. The third-order valence-electron chi connectivity index (χ3n) is 3.85. The molecule has 1 amide bonds. The Morgan fingerprint density at radius 2 is 2.00 bits per heavy atom. The normalized spacial score (nSPS) is 11.6. The summed E-state index contributed by atoms with van der Waals surface area (Å²) in [7, 11) is 0. The highest BCUT2D eigenvalue weighted by molar-refractivity contribution is 14.1. The van der Waals surface area contributed by atoms with Crippen molar-refractivity contribution in [1.82, 2.24) is 4.98 Å². The standard InChI is InChI=1S/C20H22IN3OS/c1-3-5-6-16-10-7-14(13-22)20(24-16)26-18(4-2)19(25)23-17-11-8-15(21)9-12-17/h7-12,18H,3-6H2,1-2H3,(H,23,25). The summed E-state index contributed by atoms with van der Waals surface area (Å²) < 4.78 is 1.12. The van der Waals surface area contributed by atoms with Crippen LogP contribution in [0.5, 0.6) is 0 Å². The van der Waals surface area contributed by atoms with Gasteiger partial charge in [0, 0.05) is 15.0 Å². The molecule has 2 aromatic rings. The number of thioether (sulfide) groups is 1. The predicted octanol–water partition coefficient (Wildman–Crippen LogP) is 5.41. The molecule has 2 rings (SSSR count). The Hall–Kier alpha value is -1.59. The first-order chi connectivity index (χ1) is 12.6. The minimum atomic E-state index is -0.296. The van der Waals surface area contributed by atoms with E-state index in [2.05, 4.69) is 45.9 Å². The maximum absolute atomic E-state index is 12.6.